The molecule has 7 nitrogen and oxygen atoms in total. The number of aromatic nitrogens is 3. The normalized spacial score (nSPS) is 17.5. The number of hydrogen-bond donors (Lipinski definition) is 0. The van der Waals surface area contributed by atoms with Gasteiger partial charge in [0, 0.05) is 13.1 Å². The first-order valence-corrected chi connectivity index (χ1v) is 8.55. The molecule has 2 heterocycles. The van der Waals surface area contributed by atoms with E-state index in [1.807, 2.05) is 0 Å². The number of hydrogen-bond acceptors (Lipinski definition) is 5. The van der Waals surface area contributed by atoms with Gasteiger partial charge in [0.1, 0.15) is 5.75 Å². The first-order chi connectivity index (χ1) is 10.6. The van der Waals surface area contributed by atoms with E-state index in [1.165, 1.54) is 4.31 Å². The van der Waals surface area contributed by atoms with Crippen LogP contribution in [0, 0.1) is 0 Å². The van der Waals surface area contributed by atoms with Crippen molar-refractivity contribution in [2.75, 3.05) is 20.2 Å². The van der Waals surface area contributed by atoms with Gasteiger partial charge in [0.15, 0.2) is 0 Å². The molecule has 118 valence electrons. The summed E-state index contributed by atoms with van der Waals surface area (Å²) in [5.74, 6) is 0.641. The van der Waals surface area contributed by atoms with Crippen molar-refractivity contribution in [3.05, 3.63) is 36.7 Å². The Kier molecular flexibility index (Phi) is 4.12. The molecule has 0 saturated carbocycles. The van der Waals surface area contributed by atoms with Crippen molar-refractivity contribution in [3.8, 4) is 5.75 Å². The maximum atomic E-state index is 12.6. The van der Waals surface area contributed by atoms with Gasteiger partial charge < -0.3 is 4.74 Å². The van der Waals surface area contributed by atoms with Crippen LogP contribution in [0.3, 0.4) is 0 Å². The van der Waals surface area contributed by atoms with Crippen LogP contribution in [0.4, 0.5) is 0 Å². The van der Waals surface area contributed by atoms with Gasteiger partial charge in [-0.1, -0.05) is 0 Å². The van der Waals surface area contributed by atoms with Gasteiger partial charge in [0.25, 0.3) is 0 Å². The van der Waals surface area contributed by atoms with Crippen molar-refractivity contribution < 1.29 is 13.2 Å². The Bertz CT molecular complexity index is 705. The van der Waals surface area contributed by atoms with Crippen LogP contribution in [0.1, 0.15) is 18.9 Å². The summed E-state index contributed by atoms with van der Waals surface area (Å²) in [5, 5.41) is 8.26. The maximum absolute atomic E-state index is 12.6. The van der Waals surface area contributed by atoms with Gasteiger partial charge in [0.05, 0.1) is 30.4 Å². The SMILES string of the molecule is COc1ccc(S(=O)(=O)N2CCC(n3nccn3)CC2)cc1. The minimum Gasteiger partial charge on any atom is -0.497 e. The number of nitrogens with zero attached hydrogens (tertiary/aromatic N) is 4. The van der Waals surface area contributed by atoms with E-state index in [-0.39, 0.29) is 6.04 Å². The Morgan fingerprint density at radius 2 is 1.68 bits per heavy atom. The van der Waals surface area contributed by atoms with E-state index in [9.17, 15) is 8.42 Å². The van der Waals surface area contributed by atoms with E-state index in [4.69, 9.17) is 4.74 Å². The molecule has 1 aromatic heterocycles. The average Bonchev–Trinajstić information content (AvgIpc) is 3.09. The molecule has 0 amide bonds. The van der Waals surface area contributed by atoms with E-state index in [0.717, 1.165) is 0 Å². The van der Waals surface area contributed by atoms with E-state index in [2.05, 4.69) is 10.2 Å². The number of methoxy groups -OCH3 is 1. The molecular weight excluding hydrogens is 304 g/mol. The zero-order valence-corrected chi connectivity index (χ0v) is 13.1. The molecule has 0 aliphatic carbocycles. The van der Waals surface area contributed by atoms with E-state index < -0.39 is 10.0 Å². The van der Waals surface area contributed by atoms with Crippen molar-refractivity contribution in [1.29, 1.82) is 0 Å². The molecule has 1 aliphatic rings. The second-order valence-electron chi connectivity index (χ2n) is 5.16. The van der Waals surface area contributed by atoms with Crippen LogP contribution < -0.4 is 4.74 Å². The molecular formula is C14H18N4O3S. The molecule has 0 atom stereocenters. The van der Waals surface area contributed by atoms with Gasteiger partial charge in [-0.05, 0) is 37.1 Å². The average molecular weight is 322 g/mol. The van der Waals surface area contributed by atoms with Crippen LogP contribution >= 0.6 is 0 Å². The third kappa shape index (κ3) is 2.84. The fourth-order valence-electron chi connectivity index (χ4n) is 2.62. The van der Waals surface area contributed by atoms with Gasteiger partial charge in [0.2, 0.25) is 10.0 Å². The van der Waals surface area contributed by atoms with Crippen molar-refractivity contribution in [2.24, 2.45) is 0 Å². The molecule has 0 unspecified atom stereocenters. The van der Waals surface area contributed by atoms with Crippen LogP contribution in [0.2, 0.25) is 0 Å². The summed E-state index contributed by atoms with van der Waals surface area (Å²) >= 11 is 0. The van der Waals surface area contributed by atoms with Crippen LogP contribution in [-0.2, 0) is 10.0 Å². The standard InChI is InChI=1S/C14H18N4O3S/c1-21-13-2-4-14(5-3-13)22(19,20)17-10-6-12(7-11-17)18-15-8-9-16-18/h2-5,8-9,12H,6-7,10-11H2,1H3. The zero-order chi connectivity index (χ0) is 15.6. The van der Waals surface area contributed by atoms with Crippen LogP contribution in [-0.4, -0.2) is 47.9 Å². The third-order valence-electron chi connectivity index (χ3n) is 3.88. The lowest BCUT2D eigenvalue weighted by Gasteiger charge is -2.30. The minimum absolute atomic E-state index is 0.164. The van der Waals surface area contributed by atoms with Gasteiger partial charge in [-0.3, -0.25) is 0 Å². The molecule has 0 radical (unpaired) electrons. The second-order valence-corrected chi connectivity index (χ2v) is 7.10. The Morgan fingerprint density at radius 3 is 2.23 bits per heavy atom. The fourth-order valence-corrected chi connectivity index (χ4v) is 4.09. The van der Waals surface area contributed by atoms with E-state index in [0.29, 0.717) is 36.6 Å². The smallest absolute Gasteiger partial charge is 0.243 e. The predicted molar refractivity (Wildman–Crippen MR) is 80.0 cm³/mol. The highest BCUT2D eigenvalue weighted by Gasteiger charge is 2.30. The van der Waals surface area contributed by atoms with Gasteiger partial charge in [-0.15, -0.1) is 0 Å². The first kappa shape index (κ1) is 15.0. The largest absolute Gasteiger partial charge is 0.497 e. The molecule has 1 saturated heterocycles. The molecule has 1 aliphatic heterocycles. The first-order valence-electron chi connectivity index (χ1n) is 7.11. The molecule has 0 N–H and O–H groups in total. The van der Waals surface area contributed by atoms with Crippen LogP contribution in [0.25, 0.3) is 0 Å². The summed E-state index contributed by atoms with van der Waals surface area (Å²) in [7, 11) is -1.90. The lowest BCUT2D eigenvalue weighted by atomic mass is 10.1. The highest BCUT2D eigenvalue weighted by molar-refractivity contribution is 7.89. The molecule has 3 rings (SSSR count). The number of benzene rings is 1. The summed E-state index contributed by atoms with van der Waals surface area (Å²) in [4.78, 5) is 1.96. The van der Waals surface area contributed by atoms with E-state index >= 15 is 0 Å². The summed E-state index contributed by atoms with van der Waals surface area (Å²) in [6.45, 7) is 0.946. The minimum atomic E-state index is -3.45. The molecule has 0 spiro atoms. The van der Waals surface area contributed by atoms with Crippen LogP contribution in [0.5, 0.6) is 5.75 Å². The van der Waals surface area contributed by atoms with Gasteiger partial charge in [-0.25, -0.2) is 8.42 Å². The highest BCUT2D eigenvalue weighted by atomic mass is 32.2. The quantitative estimate of drug-likeness (QED) is 0.848. The fraction of sp³-hybridized carbons (Fsp3) is 0.429. The molecule has 22 heavy (non-hydrogen) atoms. The van der Waals surface area contributed by atoms with Crippen molar-refractivity contribution >= 4 is 10.0 Å². The van der Waals surface area contributed by atoms with Crippen molar-refractivity contribution in [2.45, 2.75) is 23.8 Å². The number of piperidine rings is 1. The summed E-state index contributed by atoms with van der Waals surface area (Å²) < 4.78 is 31.8. The Hall–Kier alpha value is -1.93. The van der Waals surface area contributed by atoms with Gasteiger partial charge in [-0.2, -0.15) is 19.3 Å². The second kappa shape index (κ2) is 6.05. The Balaban J connectivity index is 1.71. The molecule has 1 fully saturated rings. The van der Waals surface area contributed by atoms with E-state index in [1.54, 1.807) is 48.6 Å². The molecule has 8 heteroatoms. The lowest BCUT2D eigenvalue weighted by molar-refractivity contribution is 0.245. The number of sulfonamides is 1. The molecule has 2 aromatic rings. The van der Waals surface area contributed by atoms with Crippen molar-refractivity contribution in [1.82, 2.24) is 19.3 Å². The topological polar surface area (TPSA) is 77.3 Å². The Labute approximate surface area is 129 Å². The summed E-state index contributed by atoms with van der Waals surface area (Å²) in [6.07, 6.45) is 4.70. The molecule has 0 bridgehead atoms. The molecule has 1 aromatic carbocycles. The number of ether oxygens (including phenoxy) is 1. The number of rotatable bonds is 4. The van der Waals surface area contributed by atoms with Gasteiger partial charge >= 0.3 is 0 Å². The third-order valence-corrected chi connectivity index (χ3v) is 5.80. The predicted octanol–water partition coefficient (Wildman–Crippen LogP) is 1.31. The highest BCUT2D eigenvalue weighted by Crippen LogP contribution is 2.26. The lowest BCUT2D eigenvalue weighted by Crippen LogP contribution is -2.39. The van der Waals surface area contributed by atoms with Crippen molar-refractivity contribution in [3.63, 3.8) is 0 Å². The summed E-state index contributed by atoms with van der Waals surface area (Å²) in [6, 6.07) is 6.64. The Morgan fingerprint density at radius 1 is 1.09 bits per heavy atom. The summed E-state index contributed by atoms with van der Waals surface area (Å²) in [5.41, 5.74) is 0. The maximum Gasteiger partial charge on any atom is 0.243 e. The zero-order valence-electron chi connectivity index (χ0n) is 12.3. The monoisotopic (exact) mass is 322 g/mol. The van der Waals surface area contributed by atoms with Crippen LogP contribution in [0.15, 0.2) is 41.6 Å².